The Bertz CT molecular complexity index is 1020. The minimum atomic E-state index is -0.725. The van der Waals surface area contributed by atoms with Crippen molar-refractivity contribution in [3.05, 3.63) is 59.7 Å². The lowest BCUT2D eigenvalue weighted by molar-refractivity contribution is -0.130. The molecular formula is C21H19N3O7. The van der Waals surface area contributed by atoms with Gasteiger partial charge in [-0.2, -0.15) is 0 Å². The van der Waals surface area contributed by atoms with Crippen molar-refractivity contribution in [2.24, 2.45) is 0 Å². The molecule has 3 amide bonds. The van der Waals surface area contributed by atoms with Gasteiger partial charge in [0.05, 0.1) is 23.9 Å². The van der Waals surface area contributed by atoms with Crippen LogP contribution in [0.5, 0.6) is 0 Å². The Morgan fingerprint density at radius 3 is 2.19 bits per heavy atom. The fourth-order valence-electron chi connectivity index (χ4n) is 2.75. The second kappa shape index (κ2) is 9.53. The van der Waals surface area contributed by atoms with E-state index in [-0.39, 0.29) is 30.2 Å². The van der Waals surface area contributed by atoms with Crippen LogP contribution in [0.15, 0.2) is 48.5 Å². The summed E-state index contributed by atoms with van der Waals surface area (Å²) in [6, 6.07) is 11.8. The molecule has 0 aliphatic carbocycles. The Labute approximate surface area is 177 Å². The smallest absolute Gasteiger partial charge is 0.338 e. The third kappa shape index (κ3) is 5.44. The average molecular weight is 425 g/mol. The van der Waals surface area contributed by atoms with Crippen molar-refractivity contribution in [3.63, 3.8) is 0 Å². The zero-order valence-corrected chi connectivity index (χ0v) is 16.5. The molecule has 31 heavy (non-hydrogen) atoms. The van der Waals surface area contributed by atoms with Crippen LogP contribution in [-0.4, -0.2) is 43.4 Å². The van der Waals surface area contributed by atoms with E-state index in [0.29, 0.717) is 16.9 Å². The molecule has 0 aromatic heterocycles. The number of ether oxygens (including phenoxy) is 2. The fourth-order valence-corrected chi connectivity index (χ4v) is 2.75. The van der Waals surface area contributed by atoms with Crippen LogP contribution in [0, 0.1) is 0 Å². The summed E-state index contributed by atoms with van der Waals surface area (Å²) in [5.74, 6) is -2.31. The predicted octanol–water partition coefficient (Wildman–Crippen LogP) is 1.43. The standard InChI is InChI=1S/C21H19N3O7/c1-30-20(28)13-2-6-15(7-3-13)22-18(26)12-31-21(29)14-4-8-16(9-5-14)24-19(27)11-10-17(25)23-24/h2-9H,10-12H2,1H3,(H,22,26)(H,23,25). The predicted molar refractivity (Wildman–Crippen MR) is 108 cm³/mol. The lowest BCUT2D eigenvalue weighted by Gasteiger charge is -2.27. The number of hydrogen-bond donors (Lipinski definition) is 2. The lowest BCUT2D eigenvalue weighted by Crippen LogP contribution is -2.50. The lowest BCUT2D eigenvalue weighted by atomic mass is 10.2. The van der Waals surface area contributed by atoms with Crippen LogP contribution in [-0.2, 0) is 23.9 Å². The van der Waals surface area contributed by atoms with Crippen LogP contribution in [0.1, 0.15) is 33.6 Å². The molecule has 3 rings (SSSR count). The highest BCUT2D eigenvalue weighted by molar-refractivity contribution is 6.01. The highest BCUT2D eigenvalue weighted by Crippen LogP contribution is 2.18. The van der Waals surface area contributed by atoms with Crippen molar-refractivity contribution < 1.29 is 33.4 Å². The average Bonchev–Trinajstić information content (AvgIpc) is 2.79. The zero-order chi connectivity index (χ0) is 22.4. The number of carbonyl (C=O) groups excluding carboxylic acids is 5. The van der Waals surface area contributed by atoms with Crippen molar-refractivity contribution in [2.45, 2.75) is 12.8 Å². The molecule has 0 radical (unpaired) electrons. The molecular weight excluding hydrogens is 406 g/mol. The van der Waals surface area contributed by atoms with E-state index in [4.69, 9.17) is 4.74 Å². The van der Waals surface area contributed by atoms with Crippen molar-refractivity contribution in [3.8, 4) is 0 Å². The Hall–Kier alpha value is -4.21. The highest BCUT2D eigenvalue weighted by Gasteiger charge is 2.24. The zero-order valence-electron chi connectivity index (χ0n) is 16.5. The van der Waals surface area contributed by atoms with Crippen LogP contribution < -0.4 is 15.8 Å². The van der Waals surface area contributed by atoms with Crippen LogP contribution in [0.25, 0.3) is 0 Å². The normalized spacial score (nSPS) is 13.3. The maximum absolute atomic E-state index is 12.2. The quantitative estimate of drug-likeness (QED) is 0.669. The van der Waals surface area contributed by atoms with Crippen molar-refractivity contribution in [1.82, 2.24) is 5.43 Å². The van der Waals surface area contributed by atoms with Gasteiger partial charge in [0.2, 0.25) is 11.8 Å². The minimum Gasteiger partial charge on any atom is -0.465 e. The number of anilines is 2. The van der Waals surface area contributed by atoms with Gasteiger partial charge in [-0.3, -0.25) is 19.8 Å². The van der Waals surface area contributed by atoms with E-state index in [1.165, 1.54) is 55.6 Å². The largest absolute Gasteiger partial charge is 0.465 e. The third-order valence-electron chi connectivity index (χ3n) is 4.34. The summed E-state index contributed by atoms with van der Waals surface area (Å²) in [5, 5.41) is 3.67. The van der Waals surface area contributed by atoms with Gasteiger partial charge < -0.3 is 14.8 Å². The van der Waals surface area contributed by atoms with E-state index < -0.39 is 24.5 Å². The van der Waals surface area contributed by atoms with Crippen molar-refractivity contribution in [1.29, 1.82) is 0 Å². The van der Waals surface area contributed by atoms with Gasteiger partial charge in [-0.1, -0.05) is 0 Å². The molecule has 10 heteroatoms. The number of amides is 3. The van der Waals surface area contributed by atoms with Gasteiger partial charge in [-0.25, -0.2) is 14.6 Å². The van der Waals surface area contributed by atoms with Crippen LogP contribution in [0.2, 0.25) is 0 Å². The van der Waals surface area contributed by atoms with Gasteiger partial charge in [-0.15, -0.1) is 0 Å². The SMILES string of the molecule is COC(=O)c1ccc(NC(=O)COC(=O)c2ccc(N3NC(=O)CCC3=O)cc2)cc1. The number of hydrazine groups is 1. The molecule has 0 saturated carbocycles. The van der Waals surface area contributed by atoms with Crippen molar-refractivity contribution in [2.75, 3.05) is 24.0 Å². The van der Waals surface area contributed by atoms with Gasteiger partial charge in [0.25, 0.3) is 5.91 Å². The summed E-state index contributed by atoms with van der Waals surface area (Å²) in [7, 11) is 1.27. The van der Waals surface area contributed by atoms with Crippen LogP contribution in [0.4, 0.5) is 11.4 Å². The molecule has 0 atom stereocenters. The maximum atomic E-state index is 12.2. The van der Waals surface area contributed by atoms with E-state index in [1.807, 2.05) is 0 Å². The van der Waals surface area contributed by atoms with E-state index in [2.05, 4.69) is 15.5 Å². The van der Waals surface area contributed by atoms with Gasteiger partial charge >= 0.3 is 11.9 Å². The first-order valence-corrected chi connectivity index (χ1v) is 9.25. The first-order valence-electron chi connectivity index (χ1n) is 9.25. The van der Waals surface area contributed by atoms with E-state index in [0.717, 1.165) is 5.01 Å². The molecule has 1 aliphatic heterocycles. The molecule has 2 aromatic rings. The molecule has 160 valence electrons. The molecule has 2 N–H and O–H groups in total. The molecule has 0 unspecified atom stereocenters. The topological polar surface area (TPSA) is 131 Å². The third-order valence-corrected chi connectivity index (χ3v) is 4.34. The van der Waals surface area contributed by atoms with Crippen molar-refractivity contribution >= 4 is 41.0 Å². The molecule has 1 fully saturated rings. The van der Waals surface area contributed by atoms with Gasteiger partial charge in [-0.05, 0) is 48.5 Å². The number of carbonyl (C=O) groups is 5. The fraction of sp³-hybridized carbons (Fsp3) is 0.190. The summed E-state index contributed by atoms with van der Waals surface area (Å²) >= 11 is 0. The van der Waals surface area contributed by atoms with Gasteiger partial charge in [0.1, 0.15) is 0 Å². The molecule has 1 aliphatic rings. The summed E-state index contributed by atoms with van der Waals surface area (Å²) in [6.07, 6.45) is 0.243. The molecule has 1 heterocycles. The Morgan fingerprint density at radius 1 is 0.935 bits per heavy atom. The Balaban J connectivity index is 1.52. The molecule has 10 nitrogen and oxygen atoms in total. The first-order chi connectivity index (χ1) is 14.9. The summed E-state index contributed by atoms with van der Waals surface area (Å²) < 4.78 is 9.58. The number of esters is 2. The number of methoxy groups -OCH3 is 1. The number of benzene rings is 2. The highest BCUT2D eigenvalue weighted by atomic mass is 16.5. The molecule has 2 aromatic carbocycles. The molecule has 0 spiro atoms. The van der Waals surface area contributed by atoms with Gasteiger partial charge in [0.15, 0.2) is 6.61 Å². The first kappa shape index (κ1) is 21.5. The summed E-state index contributed by atoms with van der Waals surface area (Å²) in [5.41, 5.74) is 3.80. The minimum absolute atomic E-state index is 0.107. The van der Waals surface area contributed by atoms with Crippen LogP contribution >= 0.6 is 0 Å². The number of rotatable bonds is 6. The van der Waals surface area contributed by atoms with E-state index in [1.54, 1.807) is 0 Å². The van der Waals surface area contributed by atoms with E-state index in [9.17, 15) is 24.0 Å². The maximum Gasteiger partial charge on any atom is 0.338 e. The van der Waals surface area contributed by atoms with Gasteiger partial charge in [0, 0.05) is 18.5 Å². The second-order valence-corrected chi connectivity index (χ2v) is 6.50. The Kier molecular flexibility index (Phi) is 6.61. The number of nitrogens with zero attached hydrogens (tertiary/aromatic N) is 1. The second-order valence-electron chi connectivity index (χ2n) is 6.50. The number of hydrogen-bond acceptors (Lipinski definition) is 7. The molecule has 0 bridgehead atoms. The summed E-state index contributed by atoms with van der Waals surface area (Å²) in [6.45, 7) is -0.514. The Morgan fingerprint density at radius 2 is 1.55 bits per heavy atom. The summed E-state index contributed by atoms with van der Waals surface area (Å²) in [4.78, 5) is 58.9. The number of nitrogens with one attached hydrogen (secondary N) is 2. The van der Waals surface area contributed by atoms with Crippen LogP contribution in [0.3, 0.4) is 0 Å². The monoisotopic (exact) mass is 425 g/mol. The molecule has 1 saturated heterocycles. The van der Waals surface area contributed by atoms with E-state index >= 15 is 0 Å².